The lowest BCUT2D eigenvalue weighted by Crippen LogP contribution is -2.58. The van der Waals surface area contributed by atoms with Gasteiger partial charge in [0.05, 0.1) is 12.6 Å². The summed E-state index contributed by atoms with van der Waals surface area (Å²) in [7, 11) is 0. The number of nitrogens with one attached hydrogen (secondary N) is 3. The van der Waals surface area contributed by atoms with Gasteiger partial charge in [0, 0.05) is 12.2 Å². The van der Waals surface area contributed by atoms with Gasteiger partial charge in [-0.3, -0.25) is 19.2 Å². The van der Waals surface area contributed by atoms with Crippen molar-refractivity contribution in [3.05, 3.63) is 0 Å². The average Bonchev–Trinajstić information content (AvgIpc) is 2.70. The van der Waals surface area contributed by atoms with Gasteiger partial charge in [-0.05, 0) is 12.3 Å². The van der Waals surface area contributed by atoms with Crippen molar-refractivity contribution in [1.29, 1.82) is 0 Å². The van der Waals surface area contributed by atoms with Crippen LogP contribution in [0.3, 0.4) is 0 Å². The van der Waals surface area contributed by atoms with Crippen molar-refractivity contribution in [2.24, 2.45) is 11.7 Å². The van der Waals surface area contributed by atoms with Crippen molar-refractivity contribution in [2.45, 2.75) is 57.3 Å². The number of thiol groups is 1. The molecule has 13 heteroatoms. The highest BCUT2D eigenvalue weighted by atomic mass is 32.1. The van der Waals surface area contributed by atoms with Crippen LogP contribution in [0.1, 0.15) is 33.1 Å². The van der Waals surface area contributed by atoms with Crippen LogP contribution in [0.25, 0.3) is 0 Å². The van der Waals surface area contributed by atoms with Crippen molar-refractivity contribution in [1.82, 2.24) is 16.0 Å². The van der Waals surface area contributed by atoms with E-state index >= 15 is 0 Å². The van der Waals surface area contributed by atoms with E-state index in [4.69, 9.17) is 21.1 Å². The summed E-state index contributed by atoms with van der Waals surface area (Å²) in [5.74, 6) is -5.49. The Morgan fingerprint density at radius 1 is 0.933 bits per heavy atom. The number of hydrogen-bond acceptors (Lipinski definition) is 8. The minimum atomic E-state index is -1.58. The van der Waals surface area contributed by atoms with Crippen molar-refractivity contribution >= 4 is 42.3 Å². The van der Waals surface area contributed by atoms with E-state index in [1.807, 2.05) is 12.2 Å². The van der Waals surface area contributed by atoms with E-state index in [-0.39, 0.29) is 18.1 Å². The number of nitrogens with two attached hydrogens (primary N) is 1. The number of carboxylic acid groups (broad SMARTS) is 2. The van der Waals surface area contributed by atoms with Crippen LogP contribution in [0.4, 0.5) is 0 Å². The molecular formula is C17H30N4O8S. The van der Waals surface area contributed by atoms with Crippen molar-refractivity contribution in [2.75, 3.05) is 12.4 Å². The van der Waals surface area contributed by atoms with Gasteiger partial charge in [-0.25, -0.2) is 4.79 Å². The fourth-order valence-corrected chi connectivity index (χ4v) is 2.50. The Morgan fingerprint density at radius 2 is 1.43 bits per heavy atom. The number of carboxylic acids is 2. The standard InChI is InChI=1S/C17H30N4O8S/c1-3-8(2)13(18)16(27)19-9(4-5-12(23)24)14(25)21-11(7-30)15(26)20-10(6-22)17(28)29/h8-11,13,22,30H,3-7,18H2,1-2H3,(H,19,27)(H,20,26)(H,21,25)(H,23,24)(H,28,29). The van der Waals surface area contributed by atoms with Crippen molar-refractivity contribution < 1.29 is 39.3 Å². The Morgan fingerprint density at radius 3 is 1.87 bits per heavy atom. The maximum absolute atomic E-state index is 12.6. The molecule has 0 aromatic rings. The third-order valence-corrected chi connectivity index (χ3v) is 4.82. The van der Waals surface area contributed by atoms with Crippen LogP contribution in [0.15, 0.2) is 0 Å². The number of hydrogen-bond donors (Lipinski definition) is 8. The molecule has 0 aromatic carbocycles. The quantitative estimate of drug-likeness (QED) is 0.133. The molecular weight excluding hydrogens is 420 g/mol. The topological polar surface area (TPSA) is 208 Å². The predicted octanol–water partition coefficient (Wildman–Crippen LogP) is -2.31. The number of aliphatic hydroxyl groups excluding tert-OH is 1. The predicted molar refractivity (Wildman–Crippen MR) is 109 cm³/mol. The summed E-state index contributed by atoms with van der Waals surface area (Å²) >= 11 is 3.94. The van der Waals surface area contributed by atoms with Crippen LogP contribution in [0.5, 0.6) is 0 Å². The molecule has 12 nitrogen and oxygen atoms in total. The molecule has 0 fully saturated rings. The molecule has 5 unspecified atom stereocenters. The summed E-state index contributed by atoms with van der Waals surface area (Å²) in [5.41, 5.74) is 5.83. The molecule has 0 spiro atoms. The zero-order valence-corrected chi connectivity index (χ0v) is 17.7. The normalized spacial score (nSPS) is 15.8. The van der Waals surface area contributed by atoms with Crippen LogP contribution < -0.4 is 21.7 Å². The van der Waals surface area contributed by atoms with Crippen molar-refractivity contribution in [3.8, 4) is 0 Å². The number of aliphatic carboxylic acids is 2. The fourth-order valence-electron chi connectivity index (χ4n) is 2.24. The lowest BCUT2D eigenvalue weighted by molar-refractivity contribution is -0.143. The first kappa shape index (κ1) is 27.6. The van der Waals surface area contributed by atoms with Gasteiger partial charge in [-0.1, -0.05) is 20.3 Å². The molecule has 0 bridgehead atoms. The van der Waals surface area contributed by atoms with Crippen LogP contribution in [0.2, 0.25) is 0 Å². The second-order valence-corrected chi connectivity index (χ2v) is 7.10. The largest absolute Gasteiger partial charge is 0.481 e. The summed E-state index contributed by atoms with van der Waals surface area (Å²) in [5, 5.41) is 33.5. The van der Waals surface area contributed by atoms with Gasteiger partial charge in [0.25, 0.3) is 0 Å². The van der Waals surface area contributed by atoms with Crippen LogP contribution in [-0.2, 0) is 24.0 Å². The van der Waals surface area contributed by atoms with E-state index in [9.17, 15) is 24.0 Å². The Balaban J connectivity index is 5.27. The highest BCUT2D eigenvalue weighted by molar-refractivity contribution is 7.80. The molecule has 0 aliphatic carbocycles. The zero-order chi connectivity index (χ0) is 23.4. The first-order valence-corrected chi connectivity index (χ1v) is 9.94. The summed E-state index contributed by atoms with van der Waals surface area (Å²) in [4.78, 5) is 58.9. The molecule has 0 radical (unpaired) electrons. The smallest absolute Gasteiger partial charge is 0.328 e. The summed E-state index contributed by atoms with van der Waals surface area (Å²) in [6, 6.07) is -5.07. The summed E-state index contributed by atoms with van der Waals surface area (Å²) in [6.45, 7) is 2.72. The number of rotatable bonds is 14. The molecule has 0 saturated carbocycles. The van der Waals surface area contributed by atoms with E-state index in [0.29, 0.717) is 6.42 Å². The SMILES string of the molecule is CCC(C)C(N)C(=O)NC(CCC(=O)O)C(=O)NC(CS)C(=O)NC(CO)C(=O)O. The minimum Gasteiger partial charge on any atom is -0.481 e. The van der Waals surface area contributed by atoms with Gasteiger partial charge >= 0.3 is 11.9 Å². The molecule has 3 amide bonds. The van der Waals surface area contributed by atoms with E-state index in [1.165, 1.54) is 0 Å². The van der Waals surface area contributed by atoms with E-state index in [2.05, 4.69) is 23.3 Å². The van der Waals surface area contributed by atoms with Crippen molar-refractivity contribution in [3.63, 3.8) is 0 Å². The fraction of sp³-hybridized carbons (Fsp3) is 0.706. The monoisotopic (exact) mass is 450 g/mol. The van der Waals surface area contributed by atoms with Crippen LogP contribution in [-0.4, -0.2) is 81.5 Å². The molecule has 0 aliphatic heterocycles. The highest BCUT2D eigenvalue weighted by Gasteiger charge is 2.30. The van der Waals surface area contributed by atoms with Gasteiger partial charge < -0.3 is 37.0 Å². The van der Waals surface area contributed by atoms with Gasteiger partial charge in [-0.2, -0.15) is 12.6 Å². The Bertz CT molecular complexity index is 633. The summed E-state index contributed by atoms with van der Waals surface area (Å²) in [6.07, 6.45) is -0.0756. The Kier molecular flexibility index (Phi) is 12.7. The number of amides is 3. The Labute approximate surface area is 179 Å². The Hall–Kier alpha value is -2.38. The third kappa shape index (κ3) is 9.41. The molecule has 0 rings (SSSR count). The molecule has 8 N–H and O–H groups in total. The second kappa shape index (κ2) is 13.8. The molecule has 0 aromatic heterocycles. The zero-order valence-electron chi connectivity index (χ0n) is 16.8. The van der Waals surface area contributed by atoms with Gasteiger partial charge in [0.2, 0.25) is 17.7 Å². The van der Waals surface area contributed by atoms with E-state index < -0.39 is 66.9 Å². The molecule has 0 heterocycles. The molecule has 172 valence electrons. The number of carbonyl (C=O) groups excluding carboxylic acids is 3. The van der Waals surface area contributed by atoms with Gasteiger partial charge in [0.15, 0.2) is 0 Å². The van der Waals surface area contributed by atoms with Crippen LogP contribution >= 0.6 is 12.6 Å². The maximum atomic E-state index is 12.6. The molecule has 30 heavy (non-hydrogen) atoms. The maximum Gasteiger partial charge on any atom is 0.328 e. The number of aliphatic hydroxyl groups is 1. The first-order valence-electron chi connectivity index (χ1n) is 9.31. The molecule has 5 atom stereocenters. The molecule has 0 saturated heterocycles. The second-order valence-electron chi connectivity index (χ2n) is 6.73. The first-order chi connectivity index (χ1) is 14.0. The average molecular weight is 451 g/mol. The van der Waals surface area contributed by atoms with Gasteiger partial charge in [-0.15, -0.1) is 0 Å². The lowest BCUT2D eigenvalue weighted by Gasteiger charge is -2.25. The number of carbonyl (C=O) groups is 5. The highest BCUT2D eigenvalue weighted by Crippen LogP contribution is 2.07. The van der Waals surface area contributed by atoms with E-state index in [1.54, 1.807) is 6.92 Å². The van der Waals surface area contributed by atoms with Crippen LogP contribution in [0, 0.1) is 5.92 Å². The van der Waals surface area contributed by atoms with E-state index in [0.717, 1.165) is 0 Å². The summed E-state index contributed by atoms with van der Waals surface area (Å²) < 4.78 is 0. The van der Waals surface area contributed by atoms with Gasteiger partial charge in [0.1, 0.15) is 18.1 Å². The lowest BCUT2D eigenvalue weighted by atomic mass is 9.98. The minimum absolute atomic E-state index is 0.185. The third-order valence-electron chi connectivity index (χ3n) is 4.45. The molecule has 0 aliphatic rings.